The van der Waals surface area contributed by atoms with Gasteiger partial charge in [-0.05, 0) is 40.7 Å². The summed E-state index contributed by atoms with van der Waals surface area (Å²) in [6.07, 6.45) is 0. The van der Waals surface area contributed by atoms with Gasteiger partial charge in [0, 0.05) is 246 Å². The van der Waals surface area contributed by atoms with Crippen molar-refractivity contribution in [3.63, 3.8) is 0 Å². The third-order valence-corrected chi connectivity index (χ3v) is 4.21. The van der Waals surface area contributed by atoms with E-state index >= 15 is 0 Å². The Morgan fingerprint density at radius 1 is 0.733 bits per heavy atom. The number of nitrogens with one attached hydrogen (secondary N) is 1. The monoisotopic (exact) mass is 929 g/mol. The van der Waals surface area contributed by atoms with Crippen LogP contribution in [-0.4, -0.2) is 25.1 Å². The van der Waals surface area contributed by atoms with Crippen molar-refractivity contribution in [1.82, 2.24) is 25.1 Å². The second kappa shape index (κ2) is 18.3. The molecule has 4 rings (SSSR count). The Bertz CT molecular complexity index is 1080. The van der Waals surface area contributed by atoms with E-state index in [0.717, 1.165) is 61.9 Å². The Balaban J connectivity index is -0.000000483. The number of fused-ring (bicyclic) bond motifs is 3. The Labute approximate surface area is 352 Å². The summed E-state index contributed by atoms with van der Waals surface area (Å²) in [4.78, 5) is 17.1. The van der Waals surface area contributed by atoms with E-state index in [1.165, 1.54) is 0 Å². The Morgan fingerprint density at radius 3 is 1.87 bits per heavy atom. The summed E-state index contributed by atoms with van der Waals surface area (Å²) in [6, 6.07) is 2.10. The smallest absolute Gasteiger partial charge is 0.144 e. The maximum Gasteiger partial charge on any atom is 0.144 e. The van der Waals surface area contributed by atoms with Crippen LogP contribution in [0, 0.1) is 34.6 Å². The molecule has 0 bridgehead atoms. The van der Waals surface area contributed by atoms with E-state index in [9.17, 15) is 0 Å². The molecule has 4 aromatic rings. The molecule has 0 unspecified atom stereocenters. The normalized spacial score (nSPS) is 8.97. The van der Waals surface area contributed by atoms with Crippen molar-refractivity contribution in [2.24, 2.45) is 0 Å². The second-order valence-electron chi connectivity index (χ2n) is 5.92. The van der Waals surface area contributed by atoms with Crippen LogP contribution >= 0.6 is 0 Å². The summed E-state index contributed by atoms with van der Waals surface area (Å²) < 4.78 is 5.30. The Morgan fingerprint density at radius 2 is 1.33 bits per heavy atom. The average molecular weight is 930 g/mol. The molecule has 137 valence electrons. The summed E-state index contributed by atoms with van der Waals surface area (Å²) in [5.74, 6) is 1.55. The summed E-state index contributed by atoms with van der Waals surface area (Å²) in [7, 11) is 0. The molecule has 4 heterocycles. The van der Waals surface area contributed by atoms with Gasteiger partial charge in [0.25, 0.3) is 0 Å². The predicted molar refractivity (Wildman–Crippen MR) is 88.4 cm³/mol. The van der Waals surface area contributed by atoms with Crippen LogP contribution in [0.5, 0.6) is 0 Å². The maximum atomic E-state index is 5.30. The van der Waals surface area contributed by atoms with Crippen LogP contribution in [0.15, 0.2) is 10.6 Å². The van der Waals surface area contributed by atoms with Crippen molar-refractivity contribution in [3.8, 4) is 11.1 Å². The first-order chi connectivity index (χ1) is 11.0. The molecule has 0 saturated carbocycles. The minimum atomic E-state index is 0. The minimum Gasteiger partial charge on any atom is -0.361 e. The van der Waals surface area contributed by atoms with Crippen molar-refractivity contribution in [3.05, 3.63) is 34.7 Å². The quantitative estimate of drug-likeness (QED) is 0.316. The van der Waals surface area contributed by atoms with Crippen LogP contribution in [0.3, 0.4) is 0 Å². The first kappa shape index (κ1) is 42.1. The SMILES string of the molecule is Cc1nc(C)c2c(n1)[nH]c1cc(-c3c(C)noc3C)c(C)nc12.[Y].[Y].[Y].[Y].[Y].[Y].[Y]. The van der Waals surface area contributed by atoms with Gasteiger partial charge in [0.15, 0.2) is 0 Å². The molecule has 4 aromatic heterocycles. The molecular formula is C17H17N5OY7. The third-order valence-electron chi connectivity index (χ3n) is 4.21. The number of H-pyrrole nitrogens is 1. The van der Waals surface area contributed by atoms with Gasteiger partial charge in [-0.3, -0.25) is 4.98 Å². The summed E-state index contributed by atoms with van der Waals surface area (Å²) in [6.45, 7) is 9.75. The van der Waals surface area contributed by atoms with Crippen molar-refractivity contribution in [1.29, 1.82) is 0 Å². The zero-order valence-electron chi connectivity index (χ0n) is 17.8. The minimum absolute atomic E-state index is 0. The zero-order valence-corrected chi connectivity index (χ0v) is 37.7. The molecule has 0 aromatic carbocycles. The molecular weight excluding hydrogens is 913 g/mol. The van der Waals surface area contributed by atoms with Crippen molar-refractivity contribution in [2.75, 3.05) is 0 Å². The molecule has 13 heteroatoms. The van der Waals surface area contributed by atoms with Crippen molar-refractivity contribution in [2.45, 2.75) is 34.6 Å². The van der Waals surface area contributed by atoms with E-state index in [1.807, 2.05) is 34.6 Å². The van der Waals surface area contributed by atoms with Gasteiger partial charge in [-0.15, -0.1) is 0 Å². The summed E-state index contributed by atoms with van der Waals surface area (Å²) in [5, 5.41) is 5.03. The third kappa shape index (κ3) is 8.77. The van der Waals surface area contributed by atoms with Crippen LogP contribution in [0.1, 0.15) is 28.7 Å². The molecule has 0 amide bonds. The van der Waals surface area contributed by atoms with Crippen molar-refractivity contribution < 1.29 is 233 Å². The van der Waals surface area contributed by atoms with E-state index < -0.39 is 0 Å². The topological polar surface area (TPSA) is 80.5 Å². The van der Waals surface area contributed by atoms with E-state index in [1.54, 1.807) is 0 Å². The standard InChI is InChI=1S/C17H17N5O.7Y/c1-7-12(14-9(3)22-23-10(14)4)6-13-16(19-7)15-8(2)18-11(5)20-17(15)21-13;;;;;;;/h6H,1-5H3,(H,18,20,21);;;;;;;. The fraction of sp³-hybridized carbons (Fsp3) is 0.294. The molecule has 7 radical (unpaired) electrons. The number of aromatic amines is 1. The number of hydrogen-bond donors (Lipinski definition) is 1. The molecule has 0 atom stereocenters. The molecule has 30 heavy (non-hydrogen) atoms. The van der Waals surface area contributed by atoms with Crippen LogP contribution in [0.4, 0.5) is 0 Å². The Hall–Kier alpha value is 4.97. The largest absolute Gasteiger partial charge is 0.361 e. The molecule has 0 fully saturated rings. The van der Waals surface area contributed by atoms with Crippen molar-refractivity contribution >= 4 is 22.1 Å². The van der Waals surface area contributed by atoms with Gasteiger partial charge < -0.3 is 9.51 Å². The Kier molecular flexibility index (Phi) is 25.6. The average Bonchev–Trinajstić information content (AvgIpc) is 2.98. The number of rotatable bonds is 1. The molecule has 6 nitrogen and oxygen atoms in total. The number of aromatic nitrogens is 5. The van der Waals surface area contributed by atoms with Gasteiger partial charge in [-0.1, -0.05) is 5.16 Å². The van der Waals surface area contributed by atoms with Gasteiger partial charge in [0.2, 0.25) is 0 Å². The molecule has 0 saturated heterocycles. The number of pyridine rings is 1. The second-order valence-corrected chi connectivity index (χ2v) is 5.92. The maximum absolute atomic E-state index is 5.30. The van der Waals surface area contributed by atoms with Gasteiger partial charge >= 0.3 is 0 Å². The molecule has 0 spiro atoms. The van der Waals surface area contributed by atoms with E-state index in [0.29, 0.717) is 0 Å². The molecule has 0 aliphatic rings. The van der Waals surface area contributed by atoms with Gasteiger partial charge in [-0.25, -0.2) is 9.97 Å². The van der Waals surface area contributed by atoms with Gasteiger partial charge in [0.1, 0.15) is 17.2 Å². The van der Waals surface area contributed by atoms with Crippen LogP contribution < -0.4 is 0 Å². The number of aryl methyl sites for hydroxylation is 5. The molecule has 0 aliphatic heterocycles. The van der Waals surface area contributed by atoms with Crippen LogP contribution in [0.2, 0.25) is 0 Å². The predicted octanol–water partition coefficient (Wildman–Crippen LogP) is 3.69. The first-order valence-corrected chi connectivity index (χ1v) is 7.53. The van der Waals surface area contributed by atoms with E-state index in [2.05, 4.69) is 26.2 Å². The number of nitrogens with zero attached hydrogens (tertiary/aromatic N) is 4. The van der Waals surface area contributed by atoms with Gasteiger partial charge in [0.05, 0.1) is 27.8 Å². The molecule has 1 N–H and O–H groups in total. The summed E-state index contributed by atoms with van der Waals surface area (Å²) >= 11 is 0. The summed E-state index contributed by atoms with van der Waals surface area (Å²) in [5.41, 5.74) is 7.47. The zero-order chi connectivity index (χ0) is 16.3. The fourth-order valence-electron chi connectivity index (χ4n) is 3.23. The van der Waals surface area contributed by atoms with Crippen LogP contribution in [0.25, 0.3) is 33.2 Å². The van der Waals surface area contributed by atoms with Crippen LogP contribution in [-0.2, 0) is 229 Å². The first-order valence-electron chi connectivity index (χ1n) is 7.53. The fourth-order valence-corrected chi connectivity index (χ4v) is 3.23. The van der Waals surface area contributed by atoms with Gasteiger partial charge in [-0.2, -0.15) is 0 Å². The number of hydrogen-bond acceptors (Lipinski definition) is 5. The van der Waals surface area contributed by atoms with E-state index in [-0.39, 0.29) is 229 Å². The molecule has 0 aliphatic carbocycles. The van der Waals surface area contributed by atoms with E-state index in [4.69, 9.17) is 9.51 Å².